The van der Waals surface area contributed by atoms with Crippen molar-refractivity contribution in [3.63, 3.8) is 0 Å². The first-order valence-corrected chi connectivity index (χ1v) is 8.04. The molecule has 0 aromatic carbocycles. The van der Waals surface area contributed by atoms with E-state index >= 15 is 0 Å². The molecule has 0 bridgehead atoms. The Kier molecular flexibility index (Phi) is 4.23. The molecule has 0 aliphatic rings. The van der Waals surface area contributed by atoms with E-state index in [0.717, 1.165) is 0 Å². The van der Waals surface area contributed by atoms with Crippen LogP contribution in [-0.2, 0) is 9.64 Å². The Balaban J connectivity index is 4.17. The normalized spacial score (nSPS) is 16.7. The van der Waals surface area contributed by atoms with Crippen molar-refractivity contribution < 1.29 is 8.42 Å². The average molecular weight is 183 g/mol. The minimum Gasteiger partial charge on any atom is -0.216 e. The van der Waals surface area contributed by atoms with Gasteiger partial charge in [0.25, 0.3) is 0 Å². The zero-order chi connectivity index (χ0) is 7.49. The molecule has 0 amide bonds. The average Bonchev–Trinajstić information content (AvgIpc) is 1.86. The van der Waals surface area contributed by atoms with Gasteiger partial charge in [0.1, 0.15) is 7.57 Å². The van der Waals surface area contributed by atoms with Gasteiger partial charge in [-0.3, -0.25) is 0 Å². The molecular formula is C2H8BNO2P2S. The molecule has 2 atom stereocenters. The molecule has 1 N–H and O–H groups in total. The van der Waals surface area contributed by atoms with Gasteiger partial charge in [0.15, 0.2) is 0 Å². The number of hydrogen-bond donors (Lipinski definition) is 1. The van der Waals surface area contributed by atoms with Crippen molar-refractivity contribution in [2.24, 2.45) is 0 Å². The summed E-state index contributed by atoms with van der Waals surface area (Å²) in [6.07, 6.45) is 0. The van der Waals surface area contributed by atoms with Crippen molar-refractivity contribution in [3.8, 4) is 0 Å². The summed E-state index contributed by atoms with van der Waals surface area (Å²) in [4.78, 5) is 0. The van der Waals surface area contributed by atoms with Crippen molar-refractivity contribution in [1.29, 1.82) is 0 Å². The maximum Gasteiger partial charge on any atom is 0.221 e. The minimum absolute atomic E-state index is 0.282. The predicted molar refractivity (Wildman–Crippen MR) is 44.9 cm³/mol. The molecule has 0 fully saturated rings. The molecule has 9 heavy (non-hydrogen) atoms. The summed E-state index contributed by atoms with van der Waals surface area (Å²) in [6, 6.07) is 0. The molecule has 52 valence electrons. The van der Waals surface area contributed by atoms with Crippen LogP contribution in [0.4, 0.5) is 0 Å². The van der Waals surface area contributed by atoms with E-state index in [1.807, 2.05) is 0 Å². The van der Waals surface area contributed by atoms with E-state index in [0.29, 0.717) is 0 Å². The monoisotopic (exact) mass is 183 g/mol. The summed E-state index contributed by atoms with van der Waals surface area (Å²) in [7, 11) is 3.80. The summed E-state index contributed by atoms with van der Waals surface area (Å²) < 4.78 is 23.6. The molecule has 0 heterocycles. The lowest BCUT2D eigenvalue weighted by Crippen LogP contribution is -2.14. The second-order valence-corrected chi connectivity index (χ2v) is 10.1. The van der Waals surface area contributed by atoms with Crippen molar-refractivity contribution >= 4 is 32.2 Å². The summed E-state index contributed by atoms with van der Waals surface area (Å²) >= 11 is 0. The van der Waals surface area contributed by atoms with Gasteiger partial charge in [-0.15, -0.1) is 0 Å². The Morgan fingerprint density at radius 3 is 2.22 bits per heavy atom. The standard InChI is InChI=1S/C2H8BNO2P2S/c1-4-9(5,6)8(3)7-2/h4,7H,1-2H3. The molecule has 0 saturated heterocycles. The van der Waals surface area contributed by atoms with Gasteiger partial charge in [-0.25, -0.2) is 13.1 Å². The van der Waals surface area contributed by atoms with Crippen molar-refractivity contribution in [2.75, 3.05) is 13.7 Å². The molecule has 0 rings (SSSR count). The van der Waals surface area contributed by atoms with Crippen LogP contribution in [0.5, 0.6) is 0 Å². The van der Waals surface area contributed by atoms with E-state index < -0.39 is 16.3 Å². The Bertz CT molecular complexity index is 169. The van der Waals surface area contributed by atoms with Crippen LogP contribution in [0.2, 0.25) is 0 Å². The lowest BCUT2D eigenvalue weighted by atomic mass is 10.8. The minimum atomic E-state index is -3.14. The largest absolute Gasteiger partial charge is 0.221 e. The van der Waals surface area contributed by atoms with Crippen LogP contribution in [0.1, 0.15) is 0 Å². The summed E-state index contributed by atoms with van der Waals surface area (Å²) in [5.74, 6) is 0. The van der Waals surface area contributed by atoms with Gasteiger partial charge in [-0.05, 0) is 13.7 Å². The van der Waals surface area contributed by atoms with Gasteiger partial charge in [0.05, 0.1) is 0 Å². The molecule has 0 aliphatic carbocycles. The molecule has 3 nitrogen and oxygen atoms in total. The summed E-state index contributed by atoms with van der Waals surface area (Å²) in [5, 5.41) is 0. The number of nitrogens with one attached hydrogen (secondary N) is 1. The first kappa shape index (κ1) is 9.83. The van der Waals surface area contributed by atoms with E-state index in [-0.39, 0.29) is 8.27 Å². The highest BCUT2D eigenvalue weighted by Crippen LogP contribution is 2.53. The van der Waals surface area contributed by atoms with Crippen LogP contribution >= 0.6 is 15.0 Å². The molecule has 0 aromatic rings. The fraction of sp³-hybridized carbons (Fsp3) is 1.00. The van der Waals surface area contributed by atoms with E-state index in [9.17, 15) is 8.42 Å². The Morgan fingerprint density at radius 1 is 1.67 bits per heavy atom. The smallest absolute Gasteiger partial charge is 0.216 e. The van der Waals surface area contributed by atoms with Crippen molar-refractivity contribution in [1.82, 2.24) is 4.72 Å². The number of hydrogen-bond acceptors (Lipinski definition) is 2. The van der Waals surface area contributed by atoms with Crippen LogP contribution in [0.3, 0.4) is 0 Å². The number of rotatable bonds is 3. The highest BCUT2D eigenvalue weighted by molar-refractivity contribution is 8.76. The molecule has 0 saturated carbocycles. The van der Waals surface area contributed by atoms with Gasteiger partial charge in [0, 0.05) is 6.69 Å². The maximum absolute atomic E-state index is 10.7. The summed E-state index contributed by atoms with van der Waals surface area (Å²) in [6.45, 7) is 0.446. The fourth-order valence-corrected chi connectivity index (χ4v) is 4.95. The fourth-order valence-electron chi connectivity index (χ4n) is 0.219. The first-order valence-electron chi connectivity index (χ1n) is 2.20. The lowest BCUT2D eigenvalue weighted by Gasteiger charge is -2.08. The molecule has 0 aromatic heterocycles. The van der Waals surface area contributed by atoms with Gasteiger partial charge in [0.2, 0.25) is 9.64 Å². The van der Waals surface area contributed by atoms with E-state index in [1.165, 1.54) is 7.05 Å². The molecule has 2 radical (unpaired) electrons. The van der Waals surface area contributed by atoms with Gasteiger partial charge < -0.3 is 0 Å². The summed E-state index contributed by atoms with van der Waals surface area (Å²) in [5.41, 5.74) is 0. The molecule has 0 spiro atoms. The van der Waals surface area contributed by atoms with Gasteiger partial charge in [-0.1, -0.05) is 8.27 Å². The van der Waals surface area contributed by atoms with Crippen LogP contribution in [0.15, 0.2) is 0 Å². The van der Waals surface area contributed by atoms with E-state index in [1.54, 1.807) is 6.66 Å². The zero-order valence-electron chi connectivity index (χ0n) is 5.25. The first-order chi connectivity index (χ1) is 4.04. The third kappa shape index (κ3) is 2.95. The van der Waals surface area contributed by atoms with E-state index in [4.69, 9.17) is 7.57 Å². The lowest BCUT2D eigenvalue weighted by molar-refractivity contribution is 0.603. The molecule has 2 unspecified atom stereocenters. The Hall–Kier alpha value is 0.835. The Labute approximate surface area is 59.6 Å². The quantitative estimate of drug-likeness (QED) is 0.503. The molecule has 7 heteroatoms. The van der Waals surface area contributed by atoms with Crippen LogP contribution in [-0.4, -0.2) is 29.7 Å². The predicted octanol–water partition coefficient (Wildman–Crippen LogP) is 0.239. The van der Waals surface area contributed by atoms with Crippen molar-refractivity contribution in [2.45, 2.75) is 0 Å². The molecular weight excluding hydrogens is 175 g/mol. The zero-order valence-corrected chi connectivity index (χ0v) is 7.96. The second kappa shape index (κ2) is 3.87. The van der Waals surface area contributed by atoms with Crippen molar-refractivity contribution in [3.05, 3.63) is 0 Å². The van der Waals surface area contributed by atoms with Crippen LogP contribution in [0.25, 0.3) is 0 Å². The third-order valence-corrected chi connectivity index (χ3v) is 9.44. The van der Waals surface area contributed by atoms with Gasteiger partial charge in [-0.2, -0.15) is 0 Å². The van der Waals surface area contributed by atoms with E-state index in [2.05, 4.69) is 4.72 Å². The second-order valence-electron chi connectivity index (χ2n) is 1.23. The third-order valence-electron chi connectivity index (χ3n) is 0.737. The molecule has 0 aliphatic heterocycles. The van der Waals surface area contributed by atoms with Crippen LogP contribution in [0, 0.1) is 0 Å². The Morgan fingerprint density at radius 2 is 2.11 bits per heavy atom. The highest BCUT2D eigenvalue weighted by atomic mass is 32.9. The maximum atomic E-state index is 10.7. The topological polar surface area (TPSA) is 46.2 Å². The van der Waals surface area contributed by atoms with Gasteiger partial charge >= 0.3 is 0 Å². The highest BCUT2D eigenvalue weighted by Gasteiger charge is 2.13. The van der Waals surface area contributed by atoms with Crippen LogP contribution < -0.4 is 4.72 Å². The SMILES string of the molecule is [B]P(PC)S(=O)(=O)NC.